The Morgan fingerprint density at radius 3 is 2.91 bits per heavy atom. The van der Waals surface area contributed by atoms with Gasteiger partial charge >= 0.3 is 0 Å². The molecule has 6 heteroatoms. The number of benzene rings is 1. The van der Waals surface area contributed by atoms with Crippen molar-refractivity contribution in [3.63, 3.8) is 0 Å². The summed E-state index contributed by atoms with van der Waals surface area (Å²) < 4.78 is 6.25. The van der Waals surface area contributed by atoms with E-state index in [-0.39, 0.29) is 6.10 Å². The molecule has 0 spiro atoms. The summed E-state index contributed by atoms with van der Waals surface area (Å²) in [5.41, 5.74) is 1.12. The van der Waals surface area contributed by atoms with Gasteiger partial charge in [-0.15, -0.1) is 0 Å². The number of carbonyl (C=O) groups is 2. The van der Waals surface area contributed by atoms with E-state index in [2.05, 4.69) is 21.2 Å². The molecule has 2 atom stereocenters. The number of rotatable bonds is 5. The largest absolute Gasteiger partial charge is 0.376 e. The standard InChI is InChI=1S/C16H17BrN2O3/c1-10-7-11(17)4-5-13(10)15(20)14(8-18)16(21)19-9-12-3-2-6-22-12/h4-5,7,12,14H,2-3,6,9H2,1H3,(H,19,21). The number of ketones is 1. The Hall–Kier alpha value is -1.71. The van der Waals surface area contributed by atoms with Crippen LogP contribution >= 0.6 is 15.9 Å². The molecule has 0 bridgehead atoms. The molecule has 1 aromatic carbocycles. The van der Waals surface area contributed by atoms with Crippen LogP contribution in [0.5, 0.6) is 0 Å². The second kappa shape index (κ2) is 7.52. The van der Waals surface area contributed by atoms with Crippen LogP contribution in [0.15, 0.2) is 22.7 Å². The van der Waals surface area contributed by atoms with E-state index in [0.29, 0.717) is 18.7 Å². The lowest BCUT2D eigenvalue weighted by atomic mass is 9.95. The monoisotopic (exact) mass is 364 g/mol. The number of halogens is 1. The van der Waals surface area contributed by atoms with Crippen LogP contribution in [0.1, 0.15) is 28.8 Å². The summed E-state index contributed by atoms with van der Waals surface area (Å²) in [5, 5.41) is 11.8. The third-order valence-corrected chi connectivity index (χ3v) is 4.13. The zero-order valence-electron chi connectivity index (χ0n) is 12.3. The van der Waals surface area contributed by atoms with Crippen molar-refractivity contribution in [3.8, 4) is 6.07 Å². The summed E-state index contributed by atoms with van der Waals surface area (Å²) in [6, 6.07) is 6.93. The van der Waals surface area contributed by atoms with Crippen molar-refractivity contribution < 1.29 is 14.3 Å². The highest BCUT2D eigenvalue weighted by Gasteiger charge is 2.29. The van der Waals surface area contributed by atoms with Gasteiger partial charge in [-0.1, -0.05) is 15.9 Å². The second-order valence-electron chi connectivity index (χ2n) is 5.27. The first-order valence-corrected chi connectivity index (χ1v) is 7.91. The summed E-state index contributed by atoms with van der Waals surface area (Å²) in [6.07, 6.45) is 1.84. The smallest absolute Gasteiger partial charge is 0.245 e. The molecule has 1 aliphatic rings. The Balaban J connectivity index is 2.04. The van der Waals surface area contributed by atoms with Crippen LogP contribution in [-0.2, 0) is 9.53 Å². The Kier molecular flexibility index (Phi) is 5.69. The third-order valence-electron chi connectivity index (χ3n) is 3.64. The molecule has 5 nitrogen and oxygen atoms in total. The fourth-order valence-corrected chi connectivity index (χ4v) is 2.89. The van der Waals surface area contributed by atoms with Crippen molar-refractivity contribution in [2.45, 2.75) is 25.9 Å². The predicted molar refractivity (Wildman–Crippen MR) is 84.3 cm³/mol. The quantitative estimate of drug-likeness (QED) is 0.642. The number of hydrogen-bond acceptors (Lipinski definition) is 4. The Bertz CT molecular complexity index is 618. The maximum Gasteiger partial charge on any atom is 0.245 e. The first kappa shape index (κ1) is 16.7. The lowest BCUT2D eigenvalue weighted by Crippen LogP contribution is -2.38. The van der Waals surface area contributed by atoms with Gasteiger partial charge in [-0.3, -0.25) is 9.59 Å². The summed E-state index contributed by atoms with van der Waals surface area (Å²) in [4.78, 5) is 24.5. The maximum absolute atomic E-state index is 12.4. The molecule has 1 saturated heterocycles. The molecular formula is C16H17BrN2O3. The molecule has 22 heavy (non-hydrogen) atoms. The van der Waals surface area contributed by atoms with E-state index in [0.717, 1.165) is 22.9 Å². The van der Waals surface area contributed by atoms with Crippen molar-refractivity contribution in [1.29, 1.82) is 5.26 Å². The van der Waals surface area contributed by atoms with Gasteiger partial charge < -0.3 is 10.1 Å². The van der Waals surface area contributed by atoms with Crippen molar-refractivity contribution in [1.82, 2.24) is 5.32 Å². The van der Waals surface area contributed by atoms with Crippen molar-refractivity contribution in [2.75, 3.05) is 13.2 Å². The first-order chi connectivity index (χ1) is 10.5. The number of aryl methyl sites for hydroxylation is 1. The molecule has 0 saturated carbocycles. The molecule has 2 unspecified atom stereocenters. The van der Waals surface area contributed by atoms with Crippen molar-refractivity contribution in [3.05, 3.63) is 33.8 Å². The number of hydrogen-bond donors (Lipinski definition) is 1. The number of nitriles is 1. The molecule has 116 valence electrons. The van der Waals surface area contributed by atoms with Gasteiger partial charge in [-0.2, -0.15) is 5.26 Å². The number of ether oxygens (including phenoxy) is 1. The van der Waals surface area contributed by atoms with Crippen LogP contribution in [0.2, 0.25) is 0 Å². The molecule has 1 amide bonds. The zero-order valence-corrected chi connectivity index (χ0v) is 13.9. The molecule has 1 N–H and O–H groups in total. The molecule has 0 radical (unpaired) electrons. The molecule has 2 rings (SSSR count). The van der Waals surface area contributed by atoms with Crippen molar-refractivity contribution in [2.24, 2.45) is 5.92 Å². The van der Waals surface area contributed by atoms with Gasteiger partial charge in [0.1, 0.15) is 0 Å². The van der Waals surface area contributed by atoms with Gasteiger partial charge in [0.2, 0.25) is 5.91 Å². The highest BCUT2D eigenvalue weighted by Crippen LogP contribution is 2.19. The molecule has 1 aromatic rings. The average molecular weight is 365 g/mol. The van der Waals surface area contributed by atoms with Gasteiger partial charge in [0.25, 0.3) is 0 Å². The number of Topliss-reactive ketones (excluding diaryl/α,β-unsaturated/α-hetero) is 1. The summed E-state index contributed by atoms with van der Waals surface area (Å²) in [5.74, 6) is -2.37. The number of carbonyl (C=O) groups excluding carboxylic acids is 2. The second-order valence-corrected chi connectivity index (χ2v) is 6.18. The minimum Gasteiger partial charge on any atom is -0.376 e. The normalized spacial score (nSPS) is 18.5. The van der Waals surface area contributed by atoms with Crippen LogP contribution < -0.4 is 5.32 Å². The maximum atomic E-state index is 12.4. The van der Waals surface area contributed by atoms with Crippen LogP contribution in [0.4, 0.5) is 0 Å². The minimum absolute atomic E-state index is 0.0205. The topological polar surface area (TPSA) is 79.2 Å². The summed E-state index contributed by atoms with van der Waals surface area (Å²) in [7, 11) is 0. The average Bonchev–Trinajstić information content (AvgIpc) is 2.99. The van der Waals surface area contributed by atoms with Crippen LogP contribution in [-0.4, -0.2) is 30.9 Å². The lowest BCUT2D eigenvalue weighted by Gasteiger charge is -2.14. The van der Waals surface area contributed by atoms with E-state index in [1.165, 1.54) is 0 Å². The third kappa shape index (κ3) is 3.93. The minimum atomic E-state index is -1.33. The number of nitrogens with one attached hydrogen (secondary N) is 1. The first-order valence-electron chi connectivity index (χ1n) is 7.12. The van der Waals surface area contributed by atoms with E-state index < -0.39 is 17.6 Å². The van der Waals surface area contributed by atoms with E-state index in [4.69, 9.17) is 4.74 Å². The van der Waals surface area contributed by atoms with E-state index >= 15 is 0 Å². The predicted octanol–water partition coefficient (Wildman–Crippen LogP) is 2.38. The molecule has 0 aliphatic carbocycles. The Morgan fingerprint density at radius 1 is 1.55 bits per heavy atom. The van der Waals surface area contributed by atoms with Gasteiger partial charge in [0, 0.05) is 23.2 Å². The van der Waals surface area contributed by atoms with Crippen molar-refractivity contribution >= 4 is 27.6 Å². The number of nitrogens with zero attached hydrogens (tertiary/aromatic N) is 1. The number of amides is 1. The Labute approximate surface area is 137 Å². The fourth-order valence-electron chi connectivity index (χ4n) is 2.42. The van der Waals surface area contributed by atoms with E-state index in [9.17, 15) is 14.9 Å². The van der Waals surface area contributed by atoms with Gasteiger partial charge in [-0.05, 0) is 43.5 Å². The zero-order chi connectivity index (χ0) is 16.1. The Morgan fingerprint density at radius 2 is 2.32 bits per heavy atom. The fraction of sp³-hybridized carbons (Fsp3) is 0.438. The summed E-state index contributed by atoms with van der Waals surface area (Å²) in [6.45, 7) is 2.81. The highest BCUT2D eigenvalue weighted by molar-refractivity contribution is 9.10. The highest BCUT2D eigenvalue weighted by atomic mass is 79.9. The van der Waals surface area contributed by atoms with Gasteiger partial charge in [-0.25, -0.2) is 0 Å². The molecule has 1 heterocycles. The summed E-state index contributed by atoms with van der Waals surface area (Å²) >= 11 is 3.32. The molecule has 1 fully saturated rings. The molecule has 1 aliphatic heterocycles. The molecular weight excluding hydrogens is 348 g/mol. The van der Waals surface area contributed by atoms with Gasteiger partial charge in [0.15, 0.2) is 11.7 Å². The SMILES string of the molecule is Cc1cc(Br)ccc1C(=O)C(C#N)C(=O)NCC1CCCO1. The van der Waals surface area contributed by atoms with E-state index in [1.54, 1.807) is 31.2 Å². The van der Waals surface area contributed by atoms with Gasteiger partial charge in [0.05, 0.1) is 12.2 Å². The van der Waals surface area contributed by atoms with Crippen LogP contribution in [0, 0.1) is 24.2 Å². The van der Waals surface area contributed by atoms with E-state index in [1.807, 2.05) is 0 Å². The lowest BCUT2D eigenvalue weighted by molar-refractivity contribution is -0.122. The molecule has 0 aromatic heterocycles. The van der Waals surface area contributed by atoms with Crippen LogP contribution in [0.25, 0.3) is 0 Å². The van der Waals surface area contributed by atoms with Crippen LogP contribution in [0.3, 0.4) is 0 Å².